The van der Waals surface area contributed by atoms with Crippen molar-refractivity contribution in [2.75, 3.05) is 7.05 Å². The Kier molecular flexibility index (Phi) is 5.25. The zero-order valence-corrected chi connectivity index (χ0v) is 17.1. The van der Waals surface area contributed by atoms with E-state index in [-0.39, 0.29) is 29.2 Å². The van der Waals surface area contributed by atoms with Gasteiger partial charge in [0.25, 0.3) is 0 Å². The number of hydrogen-bond donors (Lipinski definition) is 2. The second kappa shape index (κ2) is 7.89. The van der Waals surface area contributed by atoms with Crippen LogP contribution in [0, 0.1) is 5.82 Å². The lowest BCUT2D eigenvalue weighted by Crippen LogP contribution is -2.26. The van der Waals surface area contributed by atoms with Crippen molar-refractivity contribution in [3.05, 3.63) is 78.6 Å². The van der Waals surface area contributed by atoms with Crippen LogP contribution in [0.3, 0.4) is 0 Å². The zero-order valence-electron chi connectivity index (χ0n) is 16.3. The highest BCUT2D eigenvalue weighted by atomic mass is 32.2. The second-order valence-corrected chi connectivity index (χ2v) is 8.77. The van der Waals surface area contributed by atoms with Gasteiger partial charge in [-0.2, -0.15) is 9.40 Å². The van der Waals surface area contributed by atoms with Crippen molar-refractivity contribution in [2.45, 2.75) is 11.4 Å². The molecule has 10 heteroatoms. The van der Waals surface area contributed by atoms with E-state index in [1.165, 1.54) is 48.5 Å². The molecule has 4 rings (SSSR count). The summed E-state index contributed by atoms with van der Waals surface area (Å²) in [5.74, 6) is -1.13. The Hall–Kier alpha value is -3.63. The van der Waals surface area contributed by atoms with Crippen molar-refractivity contribution >= 4 is 10.0 Å². The Morgan fingerprint density at radius 2 is 1.87 bits per heavy atom. The van der Waals surface area contributed by atoms with E-state index in [1.54, 1.807) is 18.2 Å². The van der Waals surface area contributed by atoms with Gasteiger partial charge in [0, 0.05) is 18.7 Å². The minimum absolute atomic E-state index is 0.0574. The summed E-state index contributed by atoms with van der Waals surface area (Å²) in [4.78, 5) is -0.421. The third-order valence-corrected chi connectivity index (χ3v) is 6.56. The van der Waals surface area contributed by atoms with Gasteiger partial charge in [-0.3, -0.25) is 0 Å². The third-order valence-electron chi connectivity index (χ3n) is 4.72. The van der Waals surface area contributed by atoms with E-state index in [2.05, 4.69) is 5.10 Å². The van der Waals surface area contributed by atoms with Crippen LogP contribution in [0.25, 0.3) is 16.9 Å². The van der Waals surface area contributed by atoms with Gasteiger partial charge in [-0.25, -0.2) is 17.5 Å². The van der Waals surface area contributed by atoms with Crippen molar-refractivity contribution < 1.29 is 27.4 Å². The molecule has 0 spiro atoms. The van der Waals surface area contributed by atoms with E-state index in [0.717, 1.165) is 16.4 Å². The molecule has 0 aliphatic heterocycles. The zero-order chi connectivity index (χ0) is 22.2. The van der Waals surface area contributed by atoms with Gasteiger partial charge in [0.1, 0.15) is 33.7 Å². The quantitative estimate of drug-likeness (QED) is 0.472. The average molecular weight is 443 g/mol. The van der Waals surface area contributed by atoms with Crippen molar-refractivity contribution in [3.63, 3.8) is 0 Å². The van der Waals surface area contributed by atoms with Crippen LogP contribution in [0.1, 0.15) is 5.76 Å². The minimum Gasteiger partial charge on any atom is -0.507 e. The van der Waals surface area contributed by atoms with Crippen molar-refractivity contribution in [1.82, 2.24) is 14.1 Å². The number of halogens is 1. The molecule has 2 aromatic heterocycles. The number of rotatable bonds is 6. The molecule has 0 radical (unpaired) electrons. The SMILES string of the molecule is CN(Cc1ccco1)S(=O)(=O)c1cc(-c2ccnn2-c2ccccc2F)c(O)cc1O. The largest absolute Gasteiger partial charge is 0.507 e. The first-order valence-electron chi connectivity index (χ1n) is 9.13. The predicted octanol–water partition coefficient (Wildman–Crippen LogP) is 3.50. The van der Waals surface area contributed by atoms with Gasteiger partial charge in [0.2, 0.25) is 10.0 Å². The fourth-order valence-corrected chi connectivity index (χ4v) is 4.39. The van der Waals surface area contributed by atoms with E-state index in [1.807, 2.05) is 0 Å². The molecule has 0 bridgehead atoms. The number of phenols is 2. The van der Waals surface area contributed by atoms with Gasteiger partial charge in [-0.1, -0.05) is 12.1 Å². The summed E-state index contributed by atoms with van der Waals surface area (Å²) in [6.07, 6.45) is 2.82. The van der Waals surface area contributed by atoms with Gasteiger partial charge in [0.05, 0.1) is 24.7 Å². The number of aromatic hydroxyl groups is 2. The molecule has 2 heterocycles. The Bertz CT molecular complexity index is 1330. The Balaban J connectivity index is 1.80. The average Bonchev–Trinajstić information content (AvgIpc) is 3.40. The highest BCUT2D eigenvalue weighted by Gasteiger charge is 2.28. The summed E-state index contributed by atoms with van der Waals surface area (Å²) < 4.78 is 47.9. The molecule has 31 heavy (non-hydrogen) atoms. The van der Waals surface area contributed by atoms with E-state index >= 15 is 0 Å². The summed E-state index contributed by atoms with van der Waals surface area (Å²) >= 11 is 0. The van der Waals surface area contributed by atoms with E-state index in [0.29, 0.717) is 5.76 Å². The molecule has 0 unspecified atom stereocenters. The fraction of sp³-hybridized carbons (Fsp3) is 0.0952. The van der Waals surface area contributed by atoms with Crippen LogP contribution in [-0.2, 0) is 16.6 Å². The van der Waals surface area contributed by atoms with Crippen LogP contribution in [0.15, 0.2) is 76.4 Å². The molecule has 0 amide bonds. The second-order valence-electron chi connectivity index (χ2n) is 6.76. The number of phenolic OH excluding ortho intramolecular Hbond substituents is 2. The van der Waals surface area contributed by atoms with Crippen molar-refractivity contribution in [1.29, 1.82) is 0 Å². The number of nitrogens with zero attached hydrogens (tertiary/aromatic N) is 3. The molecule has 0 fully saturated rings. The lowest BCUT2D eigenvalue weighted by atomic mass is 10.1. The lowest BCUT2D eigenvalue weighted by Gasteiger charge is -2.18. The standard InChI is InChI=1S/C21H18FN3O5S/c1-24(13-14-5-4-10-30-14)31(28,29)21-11-15(19(26)12-20(21)27)17-8-9-23-25(17)18-7-3-2-6-16(18)22/h2-12,26-27H,13H2,1H3. The molecular formula is C21H18FN3O5S. The Labute approximate surface area is 177 Å². The van der Waals surface area contributed by atoms with Crippen LogP contribution in [-0.4, -0.2) is 39.8 Å². The predicted molar refractivity (Wildman–Crippen MR) is 110 cm³/mol. The maximum atomic E-state index is 14.3. The fourth-order valence-electron chi connectivity index (χ4n) is 3.17. The van der Waals surface area contributed by atoms with E-state index < -0.39 is 26.5 Å². The number of hydrogen-bond acceptors (Lipinski definition) is 6. The highest BCUT2D eigenvalue weighted by Crippen LogP contribution is 2.38. The third kappa shape index (κ3) is 3.78. The summed E-state index contributed by atoms with van der Waals surface area (Å²) in [5, 5.41) is 24.8. The van der Waals surface area contributed by atoms with E-state index in [9.17, 15) is 23.0 Å². The molecular weight excluding hydrogens is 425 g/mol. The lowest BCUT2D eigenvalue weighted by molar-refractivity contribution is 0.400. The number of para-hydroxylation sites is 1. The monoisotopic (exact) mass is 443 g/mol. The first-order chi connectivity index (χ1) is 14.8. The van der Waals surface area contributed by atoms with Gasteiger partial charge >= 0.3 is 0 Å². The number of furan rings is 1. The topological polar surface area (TPSA) is 109 Å². The van der Waals surface area contributed by atoms with Crippen LogP contribution >= 0.6 is 0 Å². The van der Waals surface area contributed by atoms with Crippen LogP contribution < -0.4 is 0 Å². The summed E-state index contributed by atoms with van der Waals surface area (Å²) in [5.41, 5.74) is 0.422. The molecule has 0 saturated carbocycles. The first-order valence-corrected chi connectivity index (χ1v) is 10.6. The maximum Gasteiger partial charge on any atom is 0.246 e. The molecule has 0 saturated heterocycles. The number of sulfonamides is 1. The molecule has 0 aliphatic rings. The Morgan fingerprint density at radius 3 is 2.58 bits per heavy atom. The van der Waals surface area contributed by atoms with Gasteiger partial charge in [-0.15, -0.1) is 0 Å². The Morgan fingerprint density at radius 1 is 1.10 bits per heavy atom. The summed E-state index contributed by atoms with van der Waals surface area (Å²) in [6.45, 7) is -0.0574. The molecule has 2 aromatic carbocycles. The summed E-state index contributed by atoms with van der Waals surface area (Å²) in [7, 11) is -2.81. The highest BCUT2D eigenvalue weighted by molar-refractivity contribution is 7.89. The van der Waals surface area contributed by atoms with Gasteiger partial charge in [0.15, 0.2) is 0 Å². The van der Waals surface area contributed by atoms with Crippen LogP contribution in [0.5, 0.6) is 11.5 Å². The minimum atomic E-state index is -4.15. The summed E-state index contributed by atoms with van der Waals surface area (Å²) in [6, 6.07) is 12.7. The van der Waals surface area contributed by atoms with E-state index in [4.69, 9.17) is 4.42 Å². The maximum absolute atomic E-state index is 14.3. The molecule has 4 aromatic rings. The normalized spacial score (nSPS) is 11.8. The van der Waals surface area contributed by atoms with Crippen molar-refractivity contribution in [2.24, 2.45) is 0 Å². The smallest absolute Gasteiger partial charge is 0.246 e. The van der Waals surface area contributed by atoms with Crippen LogP contribution in [0.2, 0.25) is 0 Å². The molecule has 160 valence electrons. The number of aromatic nitrogens is 2. The van der Waals surface area contributed by atoms with Gasteiger partial charge < -0.3 is 14.6 Å². The molecule has 8 nitrogen and oxygen atoms in total. The molecule has 0 aliphatic carbocycles. The molecule has 2 N–H and O–H groups in total. The van der Waals surface area contributed by atoms with Gasteiger partial charge in [-0.05, 0) is 36.4 Å². The van der Waals surface area contributed by atoms with Crippen LogP contribution in [0.4, 0.5) is 4.39 Å². The van der Waals surface area contributed by atoms with Crippen molar-refractivity contribution in [3.8, 4) is 28.4 Å². The molecule has 0 atom stereocenters. The number of benzene rings is 2. The first kappa shape index (κ1) is 20.6.